The zero-order chi connectivity index (χ0) is 15.5. The lowest BCUT2D eigenvalue weighted by Gasteiger charge is -2.02. The van der Waals surface area contributed by atoms with E-state index < -0.39 is 5.91 Å². The van der Waals surface area contributed by atoms with Crippen LogP contribution in [0.3, 0.4) is 0 Å². The van der Waals surface area contributed by atoms with Gasteiger partial charge in [0.25, 0.3) is 5.91 Å². The zero-order valence-electron chi connectivity index (χ0n) is 11.1. The predicted octanol–water partition coefficient (Wildman–Crippen LogP) is 3.78. The van der Waals surface area contributed by atoms with E-state index in [1.54, 1.807) is 24.3 Å². The molecule has 7 heteroatoms. The van der Waals surface area contributed by atoms with Crippen molar-refractivity contribution in [3.05, 3.63) is 64.9 Å². The van der Waals surface area contributed by atoms with E-state index in [2.05, 4.69) is 15.5 Å². The highest BCUT2D eigenvalue weighted by Gasteiger charge is 2.14. The third-order valence-electron chi connectivity index (χ3n) is 2.86. The van der Waals surface area contributed by atoms with E-state index in [4.69, 9.17) is 16.0 Å². The Morgan fingerprint density at radius 1 is 1.09 bits per heavy atom. The van der Waals surface area contributed by atoms with Gasteiger partial charge in [0.2, 0.25) is 5.89 Å². The SMILES string of the molecule is O=C(Nc1nnc(-c2ccc(F)cc2)o1)c1ccccc1Cl. The Labute approximate surface area is 129 Å². The van der Waals surface area contributed by atoms with Crippen LogP contribution >= 0.6 is 11.6 Å². The summed E-state index contributed by atoms with van der Waals surface area (Å²) in [6.45, 7) is 0. The van der Waals surface area contributed by atoms with E-state index in [9.17, 15) is 9.18 Å². The number of hydrogen-bond acceptors (Lipinski definition) is 4. The minimum Gasteiger partial charge on any atom is -0.403 e. The number of carbonyl (C=O) groups is 1. The molecular weight excluding hydrogens is 309 g/mol. The molecule has 1 N–H and O–H groups in total. The van der Waals surface area contributed by atoms with Crippen molar-refractivity contribution in [3.8, 4) is 11.5 Å². The summed E-state index contributed by atoms with van der Waals surface area (Å²) >= 11 is 5.94. The minimum absolute atomic E-state index is 0.0655. The Morgan fingerprint density at radius 3 is 2.55 bits per heavy atom. The molecule has 0 atom stereocenters. The second-order valence-electron chi connectivity index (χ2n) is 4.35. The van der Waals surface area contributed by atoms with Crippen LogP contribution in [-0.4, -0.2) is 16.1 Å². The van der Waals surface area contributed by atoms with E-state index >= 15 is 0 Å². The van der Waals surface area contributed by atoms with Crippen molar-refractivity contribution in [3.63, 3.8) is 0 Å². The molecule has 0 aliphatic heterocycles. The van der Waals surface area contributed by atoms with Gasteiger partial charge in [-0.25, -0.2) is 4.39 Å². The number of benzene rings is 2. The summed E-state index contributed by atoms with van der Waals surface area (Å²) < 4.78 is 18.2. The fourth-order valence-electron chi connectivity index (χ4n) is 1.79. The summed E-state index contributed by atoms with van der Waals surface area (Å²) in [5, 5.41) is 10.3. The molecule has 1 amide bonds. The molecule has 22 heavy (non-hydrogen) atoms. The summed E-state index contributed by atoms with van der Waals surface area (Å²) in [6, 6.07) is 12.1. The molecule has 0 spiro atoms. The fraction of sp³-hybridized carbons (Fsp3) is 0. The molecule has 0 aliphatic rings. The average molecular weight is 318 g/mol. The minimum atomic E-state index is -0.458. The molecule has 0 saturated heterocycles. The van der Waals surface area contributed by atoms with Gasteiger partial charge in [-0.2, -0.15) is 0 Å². The van der Waals surface area contributed by atoms with Gasteiger partial charge in [-0.05, 0) is 36.4 Å². The molecule has 1 heterocycles. The molecule has 5 nitrogen and oxygen atoms in total. The number of nitrogens with one attached hydrogen (secondary N) is 1. The van der Waals surface area contributed by atoms with Crippen LogP contribution in [0.5, 0.6) is 0 Å². The number of amides is 1. The molecule has 0 bridgehead atoms. The molecule has 3 rings (SSSR count). The number of rotatable bonds is 3. The van der Waals surface area contributed by atoms with Crippen molar-refractivity contribution in [2.45, 2.75) is 0 Å². The predicted molar refractivity (Wildman–Crippen MR) is 79.1 cm³/mol. The third-order valence-corrected chi connectivity index (χ3v) is 3.18. The van der Waals surface area contributed by atoms with Crippen LogP contribution in [0.2, 0.25) is 5.02 Å². The maximum atomic E-state index is 12.9. The van der Waals surface area contributed by atoms with Crippen molar-refractivity contribution in [2.75, 3.05) is 5.32 Å². The Bertz CT molecular complexity index is 818. The lowest BCUT2D eigenvalue weighted by atomic mass is 10.2. The maximum absolute atomic E-state index is 12.9. The molecular formula is C15H9ClFN3O2. The molecule has 0 aliphatic carbocycles. The van der Waals surface area contributed by atoms with Crippen LogP contribution < -0.4 is 5.32 Å². The van der Waals surface area contributed by atoms with Crippen molar-refractivity contribution in [1.82, 2.24) is 10.2 Å². The second kappa shape index (κ2) is 5.95. The summed E-state index contributed by atoms with van der Waals surface area (Å²) in [5.74, 6) is -0.648. The summed E-state index contributed by atoms with van der Waals surface area (Å²) in [5.41, 5.74) is 0.845. The first kappa shape index (κ1) is 14.2. The fourth-order valence-corrected chi connectivity index (χ4v) is 2.01. The number of anilines is 1. The van der Waals surface area contributed by atoms with E-state index in [1.165, 1.54) is 24.3 Å². The summed E-state index contributed by atoms with van der Waals surface area (Å²) in [7, 11) is 0. The maximum Gasteiger partial charge on any atom is 0.322 e. The largest absolute Gasteiger partial charge is 0.403 e. The van der Waals surface area contributed by atoms with E-state index in [0.717, 1.165) is 0 Å². The number of aromatic nitrogens is 2. The average Bonchev–Trinajstić information content (AvgIpc) is 2.97. The van der Waals surface area contributed by atoms with E-state index in [1.807, 2.05) is 0 Å². The Morgan fingerprint density at radius 2 is 1.82 bits per heavy atom. The summed E-state index contributed by atoms with van der Waals surface area (Å²) in [6.07, 6.45) is 0. The third kappa shape index (κ3) is 2.96. The molecule has 0 saturated carbocycles. The Balaban J connectivity index is 1.78. The number of halogens is 2. The molecule has 1 aromatic heterocycles. The quantitative estimate of drug-likeness (QED) is 0.798. The Hall–Kier alpha value is -2.73. The molecule has 0 radical (unpaired) electrons. The topological polar surface area (TPSA) is 68.0 Å². The standard InChI is InChI=1S/C15H9ClFN3O2/c16-12-4-2-1-3-11(12)13(21)18-15-20-19-14(22-15)9-5-7-10(17)8-6-9/h1-8H,(H,18,20,21). The van der Waals surface area contributed by atoms with Gasteiger partial charge in [0, 0.05) is 5.56 Å². The number of hydrogen-bond donors (Lipinski definition) is 1. The van der Waals surface area contributed by atoms with Crippen LogP contribution in [0.4, 0.5) is 10.4 Å². The first-order valence-electron chi connectivity index (χ1n) is 6.29. The highest BCUT2D eigenvalue weighted by Crippen LogP contribution is 2.21. The summed E-state index contributed by atoms with van der Waals surface area (Å²) in [4.78, 5) is 12.1. The van der Waals surface area contributed by atoms with Crippen LogP contribution in [0.25, 0.3) is 11.5 Å². The highest BCUT2D eigenvalue weighted by molar-refractivity contribution is 6.34. The van der Waals surface area contributed by atoms with E-state index in [0.29, 0.717) is 16.1 Å². The number of carbonyl (C=O) groups excluding carboxylic acids is 1. The van der Waals surface area contributed by atoms with E-state index in [-0.39, 0.29) is 17.7 Å². The number of nitrogens with zero attached hydrogens (tertiary/aromatic N) is 2. The van der Waals surface area contributed by atoms with Crippen LogP contribution in [0.15, 0.2) is 52.9 Å². The zero-order valence-corrected chi connectivity index (χ0v) is 11.8. The molecule has 2 aromatic carbocycles. The molecule has 110 valence electrons. The monoisotopic (exact) mass is 317 g/mol. The second-order valence-corrected chi connectivity index (χ2v) is 4.76. The van der Waals surface area contributed by atoms with Gasteiger partial charge in [-0.15, -0.1) is 5.10 Å². The van der Waals surface area contributed by atoms with Gasteiger partial charge in [-0.1, -0.05) is 28.8 Å². The van der Waals surface area contributed by atoms with Crippen molar-refractivity contribution in [1.29, 1.82) is 0 Å². The lowest BCUT2D eigenvalue weighted by molar-refractivity contribution is 0.102. The molecule has 3 aromatic rings. The van der Waals surface area contributed by atoms with Gasteiger partial charge in [0.1, 0.15) is 5.82 Å². The van der Waals surface area contributed by atoms with Crippen LogP contribution in [0.1, 0.15) is 10.4 Å². The molecule has 0 fully saturated rings. The van der Waals surface area contributed by atoms with Gasteiger partial charge in [0.05, 0.1) is 10.6 Å². The van der Waals surface area contributed by atoms with Gasteiger partial charge in [0.15, 0.2) is 0 Å². The van der Waals surface area contributed by atoms with Gasteiger partial charge in [-0.3, -0.25) is 10.1 Å². The van der Waals surface area contributed by atoms with Crippen molar-refractivity contribution < 1.29 is 13.6 Å². The molecule has 0 unspecified atom stereocenters. The smallest absolute Gasteiger partial charge is 0.322 e. The first-order valence-corrected chi connectivity index (χ1v) is 6.66. The normalized spacial score (nSPS) is 10.5. The van der Waals surface area contributed by atoms with Gasteiger partial charge >= 0.3 is 6.01 Å². The van der Waals surface area contributed by atoms with Crippen molar-refractivity contribution in [2.24, 2.45) is 0 Å². The highest BCUT2D eigenvalue weighted by atomic mass is 35.5. The first-order chi connectivity index (χ1) is 10.6. The lowest BCUT2D eigenvalue weighted by Crippen LogP contribution is -2.12. The Kier molecular flexibility index (Phi) is 3.84. The van der Waals surface area contributed by atoms with Crippen molar-refractivity contribution >= 4 is 23.5 Å². The van der Waals surface area contributed by atoms with Crippen LogP contribution in [0, 0.1) is 5.82 Å². The van der Waals surface area contributed by atoms with Gasteiger partial charge < -0.3 is 4.42 Å². The van der Waals surface area contributed by atoms with Crippen LogP contribution in [-0.2, 0) is 0 Å².